The Bertz CT molecular complexity index is 706. The third kappa shape index (κ3) is 3.96. The third-order valence-corrected chi connectivity index (χ3v) is 3.52. The van der Waals surface area contributed by atoms with Crippen molar-refractivity contribution >= 4 is 11.0 Å². The predicted octanol–water partition coefficient (Wildman–Crippen LogP) is 2.83. The highest BCUT2D eigenvalue weighted by Gasteiger charge is 2.19. The normalized spacial score (nSPS) is 12.3. The van der Waals surface area contributed by atoms with Crippen molar-refractivity contribution in [3.8, 4) is 17.2 Å². The number of aliphatic hydroxyl groups excluding tert-OH is 1. The number of rotatable bonds is 8. The van der Waals surface area contributed by atoms with Crippen LogP contribution in [0.1, 0.15) is 33.1 Å². The van der Waals surface area contributed by atoms with Gasteiger partial charge in [0.15, 0.2) is 5.75 Å². The lowest BCUT2D eigenvalue weighted by Gasteiger charge is -2.17. The Hall–Kier alpha value is -2.21. The first kappa shape index (κ1) is 17.1. The minimum atomic E-state index is -0.700. The van der Waals surface area contributed by atoms with E-state index < -0.39 is 5.63 Å². The van der Waals surface area contributed by atoms with Gasteiger partial charge in [0, 0.05) is 0 Å². The van der Waals surface area contributed by atoms with E-state index in [0.717, 1.165) is 19.3 Å². The minimum absolute atomic E-state index is 0.114. The van der Waals surface area contributed by atoms with Gasteiger partial charge in [-0.2, -0.15) is 0 Å². The lowest BCUT2D eigenvalue weighted by Crippen LogP contribution is -2.19. The van der Waals surface area contributed by atoms with E-state index >= 15 is 0 Å². The SMILES string of the molecule is CCCC(CC)Oc1c(O)c2cc(OCCO)ccc2oc1=O. The van der Waals surface area contributed by atoms with E-state index in [1.165, 1.54) is 6.07 Å². The molecule has 0 radical (unpaired) electrons. The van der Waals surface area contributed by atoms with Gasteiger partial charge in [0.25, 0.3) is 0 Å². The number of aromatic hydroxyl groups is 1. The summed E-state index contributed by atoms with van der Waals surface area (Å²) in [6.07, 6.45) is 2.27. The molecule has 1 atom stereocenters. The summed E-state index contributed by atoms with van der Waals surface area (Å²) >= 11 is 0. The molecule has 0 saturated heterocycles. The van der Waals surface area contributed by atoms with Gasteiger partial charge < -0.3 is 24.1 Å². The van der Waals surface area contributed by atoms with Gasteiger partial charge in [0.1, 0.15) is 17.9 Å². The second-order valence-electron chi connectivity index (χ2n) is 5.23. The number of aliphatic hydroxyl groups is 1. The van der Waals surface area contributed by atoms with E-state index in [1.54, 1.807) is 12.1 Å². The monoisotopic (exact) mass is 322 g/mol. The molecular weight excluding hydrogens is 300 g/mol. The number of fused-ring (bicyclic) bond motifs is 1. The fourth-order valence-corrected chi connectivity index (χ4v) is 2.34. The zero-order valence-electron chi connectivity index (χ0n) is 13.4. The highest BCUT2D eigenvalue weighted by Crippen LogP contribution is 2.34. The summed E-state index contributed by atoms with van der Waals surface area (Å²) in [5, 5.41) is 19.5. The third-order valence-electron chi connectivity index (χ3n) is 3.52. The van der Waals surface area contributed by atoms with Crippen LogP contribution in [0.4, 0.5) is 0 Å². The van der Waals surface area contributed by atoms with Gasteiger partial charge in [0.2, 0.25) is 5.75 Å². The fraction of sp³-hybridized carbons (Fsp3) is 0.471. The molecule has 0 aliphatic rings. The van der Waals surface area contributed by atoms with Crippen LogP contribution in [0.3, 0.4) is 0 Å². The predicted molar refractivity (Wildman–Crippen MR) is 86.3 cm³/mol. The Kier molecular flexibility index (Phi) is 5.87. The van der Waals surface area contributed by atoms with Crippen LogP contribution in [0.25, 0.3) is 11.0 Å². The topological polar surface area (TPSA) is 89.1 Å². The van der Waals surface area contributed by atoms with Crippen molar-refractivity contribution in [1.82, 2.24) is 0 Å². The van der Waals surface area contributed by atoms with Gasteiger partial charge in [0.05, 0.1) is 18.1 Å². The molecule has 1 heterocycles. The number of ether oxygens (including phenoxy) is 2. The lowest BCUT2D eigenvalue weighted by molar-refractivity contribution is 0.172. The van der Waals surface area contributed by atoms with Gasteiger partial charge in [-0.3, -0.25) is 0 Å². The molecular formula is C17H22O6. The van der Waals surface area contributed by atoms with Crippen molar-refractivity contribution in [2.45, 2.75) is 39.2 Å². The molecule has 1 aromatic heterocycles. The van der Waals surface area contributed by atoms with Crippen molar-refractivity contribution in [2.24, 2.45) is 0 Å². The zero-order chi connectivity index (χ0) is 16.8. The summed E-state index contributed by atoms with van der Waals surface area (Å²) in [4.78, 5) is 12.1. The molecule has 0 aliphatic heterocycles. The summed E-state index contributed by atoms with van der Waals surface area (Å²) in [5.74, 6) is 0.0413. The molecule has 1 aromatic carbocycles. The number of hydrogen-bond donors (Lipinski definition) is 2. The van der Waals surface area contributed by atoms with E-state index in [-0.39, 0.29) is 36.4 Å². The van der Waals surface area contributed by atoms with Crippen molar-refractivity contribution < 1.29 is 24.1 Å². The average Bonchev–Trinajstić information content (AvgIpc) is 2.56. The molecule has 126 valence electrons. The molecule has 0 amide bonds. The van der Waals surface area contributed by atoms with Crippen molar-refractivity contribution in [3.05, 3.63) is 28.6 Å². The van der Waals surface area contributed by atoms with E-state index in [4.69, 9.17) is 19.0 Å². The summed E-state index contributed by atoms with van der Waals surface area (Å²) in [6, 6.07) is 4.69. The first-order valence-electron chi connectivity index (χ1n) is 7.80. The molecule has 2 aromatic rings. The summed E-state index contributed by atoms with van der Waals surface area (Å²) in [7, 11) is 0. The second-order valence-corrected chi connectivity index (χ2v) is 5.23. The van der Waals surface area contributed by atoms with Crippen molar-refractivity contribution in [2.75, 3.05) is 13.2 Å². The van der Waals surface area contributed by atoms with Gasteiger partial charge in [-0.05, 0) is 31.0 Å². The largest absolute Gasteiger partial charge is 0.504 e. The molecule has 23 heavy (non-hydrogen) atoms. The van der Waals surface area contributed by atoms with Crippen molar-refractivity contribution in [3.63, 3.8) is 0 Å². The van der Waals surface area contributed by atoms with Crippen LogP contribution in [0.15, 0.2) is 27.4 Å². The highest BCUT2D eigenvalue weighted by molar-refractivity contribution is 5.86. The average molecular weight is 322 g/mol. The lowest BCUT2D eigenvalue weighted by atomic mass is 10.1. The molecule has 0 saturated carbocycles. The molecule has 6 nitrogen and oxygen atoms in total. The first-order chi connectivity index (χ1) is 11.1. The van der Waals surface area contributed by atoms with Gasteiger partial charge in [-0.15, -0.1) is 0 Å². The molecule has 0 bridgehead atoms. The maximum atomic E-state index is 12.1. The maximum Gasteiger partial charge on any atom is 0.383 e. The first-order valence-corrected chi connectivity index (χ1v) is 7.80. The molecule has 2 rings (SSSR count). The molecule has 0 fully saturated rings. The van der Waals surface area contributed by atoms with Gasteiger partial charge in [-0.1, -0.05) is 20.3 Å². The van der Waals surface area contributed by atoms with Crippen LogP contribution in [0.5, 0.6) is 17.2 Å². The van der Waals surface area contributed by atoms with E-state index in [1.807, 2.05) is 13.8 Å². The number of benzene rings is 1. The van der Waals surface area contributed by atoms with Crippen LogP contribution in [0, 0.1) is 0 Å². The minimum Gasteiger partial charge on any atom is -0.504 e. The summed E-state index contributed by atoms with van der Waals surface area (Å²) < 4.78 is 16.2. The second kappa shape index (κ2) is 7.87. The quantitative estimate of drug-likeness (QED) is 0.727. The Morgan fingerprint density at radius 1 is 1.30 bits per heavy atom. The highest BCUT2D eigenvalue weighted by atomic mass is 16.5. The molecule has 0 spiro atoms. The smallest absolute Gasteiger partial charge is 0.383 e. The fourth-order valence-electron chi connectivity index (χ4n) is 2.34. The Labute approximate surface area is 134 Å². The number of hydrogen-bond acceptors (Lipinski definition) is 6. The summed E-state index contributed by atoms with van der Waals surface area (Å²) in [5.41, 5.74) is -0.451. The maximum absolute atomic E-state index is 12.1. The van der Waals surface area contributed by atoms with E-state index in [2.05, 4.69) is 0 Å². The van der Waals surface area contributed by atoms with Crippen LogP contribution in [-0.2, 0) is 0 Å². The molecule has 0 aliphatic carbocycles. The van der Waals surface area contributed by atoms with E-state index in [9.17, 15) is 9.90 Å². The summed E-state index contributed by atoms with van der Waals surface area (Å²) in [6.45, 7) is 4.01. The zero-order valence-corrected chi connectivity index (χ0v) is 13.4. The molecule has 2 N–H and O–H groups in total. The Morgan fingerprint density at radius 2 is 2.09 bits per heavy atom. The van der Waals surface area contributed by atoms with Crippen LogP contribution in [-0.4, -0.2) is 29.5 Å². The Morgan fingerprint density at radius 3 is 2.74 bits per heavy atom. The van der Waals surface area contributed by atoms with Crippen LogP contribution in [0.2, 0.25) is 0 Å². The van der Waals surface area contributed by atoms with Crippen LogP contribution < -0.4 is 15.1 Å². The van der Waals surface area contributed by atoms with Crippen LogP contribution >= 0.6 is 0 Å². The van der Waals surface area contributed by atoms with Gasteiger partial charge >= 0.3 is 5.63 Å². The standard InChI is InChI=1S/C17H22O6/c1-3-5-11(4-2)22-16-15(19)13-10-12(21-9-8-18)6-7-14(13)23-17(16)20/h6-7,10-11,18-19H,3-5,8-9H2,1-2H3. The Balaban J connectivity index is 2.42. The van der Waals surface area contributed by atoms with Crippen molar-refractivity contribution in [1.29, 1.82) is 0 Å². The van der Waals surface area contributed by atoms with Gasteiger partial charge in [-0.25, -0.2) is 4.79 Å². The van der Waals surface area contributed by atoms with E-state index in [0.29, 0.717) is 11.1 Å². The molecule has 1 unspecified atom stereocenters. The molecule has 6 heteroatoms.